The van der Waals surface area contributed by atoms with Gasteiger partial charge in [0.2, 0.25) is 0 Å². The van der Waals surface area contributed by atoms with Crippen LogP contribution >= 0.6 is 0 Å². The van der Waals surface area contributed by atoms with Crippen LogP contribution in [0.5, 0.6) is 0 Å². The summed E-state index contributed by atoms with van der Waals surface area (Å²) in [6.45, 7) is 4.83. The summed E-state index contributed by atoms with van der Waals surface area (Å²) in [5.74, 6) is 0.965. The Morgan fingerprint density at radius 3 is 2.67 bits per heavy atom. The van der Waals surface area contributed by atoms with Gasteiger partial charge in [0.05, 0.1) is 0 Å². The SMILES string of the molecule is CCC(C)(CN)c1nncn1C. The Labute approximate surface area is 72.8 Å². The van der Waals surface area contributed by atoms with Crippen molar-refractivity contribution < 1.29 is 0 Å². The van der Waals surface area contributed by atoms with Crippen LogP contribution in [-0.4, -0.2) is 21.3 Å². The zero-order chi connectivity index (χ0) is 9.19. The summed E-state index contributed by atoms with van der Waals surface area (Å²) in [4.78, 5) is 0. The van der Waals surface area contributed by atoms with Gasteiger partial charge < -0.3 is 10.3 Å². The van der Waals surface area contributed by atoms with E-state index in [1.165, 1.54) is 0 Å². The molecule has 12 heavy (non-hydrogen) atoms. The molecule has 4 nitrogen and oxygen atoms in total. The van der Waals surface area contributed by atoms with Crippen LogP contribution in [0.2, 0.25) is 0 Å². The number of hydrogen-bond donors (Lipinski definition) is 1. The first kappa shape index (κ1) is 9.19. The highest BCUT2D eigenvalue weighted by atomic mass is 15.3. The summed E-state index contributed by atoms with van der Waals surface area (Å²) in [7, 11) is 1.94. The molecule has 4 heteroatoms. The molecule has 0 spiro atoms. The van der Waals surface area contributed by atoms with Gasteiger partial charge in [-0.25, -0.2) is 0 Å². The van der Waals surface area contributed by atoms with Crippen molar-refractivity contribution in [2.45, 2.75) is 25.7 Å². The van der Waals surface area contributed by atoms with Crippen LogP contribution in [0.3, 0.4) is 0 Å². The second-order valence-corrected chi connectivity index (χ2v) is 3.38. The van der Waals surface area contributed by atoms with E-state index in [9.17, 15) is 0 Å². The van der Waals surface area contributed by atoms with E-state index in [1.807, 2.05) is 11.6 Å². The molecular formula is C8H16N4. The standard InChI is InChI=1S/C8H16N4/c1-4-8(2,5-9)7-11-10-6-12(7)3/h6H,4-5,9H2,1-3H3. The van der Waals surface area contributed by atoms with E-state index in [1.54, 1.807) is 6.33 Å². The van der Waals surface area contributed by atoms with Gasteiger partial charge in [0.15, 0.2) is 0 Å². The van der Waals surface area contributed by atoms with Crippen molar-refractivity contribution in [2.24, 2.45) is 12.8 Å². The van der Waals surface area contributed by atoms with Crippen molar-refractivity contribution in [3.63, 3.8) is 0 Å². The van der Waals surface area contributed by atoms with Crippen LogP contribution in [0, 0.1) is 0 Å². The quantitative estimate of drug-likeness (QED) is 0.712. The van der Waals surface area contributed by atoms with Crippen LogP contribution in [0.4, 0.5) is 0 Å². The van der Waals surface area contributed by atoms with E-state index in [0.29, 0.717) is 6.54 Å². The molecule has 1 heterocycles. The molecule has 1 unspecified atom stereocenters. The molecule has 0 amide bonds. The summed E-state index contributed by atoms with van der Waals surface area (Å²) in [6, 6.07) is 0. The molecule has 0 bridgehead atoms. The maximum Gasteiger partial charge on any atom is 0.139 e. The lowest BCUT2D eigenvalue weighted by molar-refractivity contribution is 0.423. The summed E-state index contributed by atoms with van der Waals surface area (Å²) < 4.78 is 1.93. The number of nitrogens with two attached hydrogens (primary N) is 1. The lowest BCUT2D eigenvalue weighted by Gasteiger charge is -2.24. The van der Waals surface area contributed by atoms with Gasteiger partial charge >= 0.3 is 0 Å². The van der Waals surface area contributed by atoms with E-state index in [-0.39, 0.29) is 5.41 Å². The fourth-order valence-electron chi connectivity index (χ4n) is 1.22. The van der Waals surface area contributed by atoms with Gasteiger partial charge in [-0.05, 0) is 6.42 Å². The average molecular weight is 168 g/mol. The van der Waals surface area contributed by atoms with Crippen molar-refractivity contribution in [3.05, 3.63) is 12.2 Å². The van der Waals surface area contributed by atoms with E-state index in [0.717, 1.165) is 12.2 Å². The Bertz CT molecular complexity index is 249. The molecule has 0 fully saturated rings. The van der Waals surface area contributed by atoms with Crippen LogP contribution in [0.1, 0.15) is 26.1 Å². The van der Waals surface area contributed by atoms with Gasteiger partial charge in [0, 0.05) is 19.0 Å². The molecule has 0 saturated carbocycles. The Morgan fingerprint density at radius 1 is 1.67 bits per heavy atom. The van der Waals surface area contributed by atoms with E-state index >= 15 is 0 Å². The topological polar surface area (TPSA) is 56.7 Å². The molecule has 1 atom stereocenters. The molecule has 0 aliphatic heterocycles. The number of aromatic nitrogens is 3. The van der Waals surface area contributed by atoms with E-state index in [4.69, 9.17) is 5.73 Å². The Hall–Kier alpha value is -0.900. The van der Waals surface area contributed by atoms with Gasteiger partial charge in [0.1, 0.15) is 12.2 Å². The van der Waals surface area contributed by atoms with Crippen molar-refractivity contribution in [1.82, 2.24) is 14.8 Å². The Kier molecular flexibility index (Phi) is 2.47. The molecule has 2 N–H and O–H groups in total. The largest absolute Gasteiger partial charge is 0.329 e. The summed E-state index contributed by atoms with van der Waals surface area (Å²) in [5.41, 5.74) is 5.66. The van der Waals surface area contributed by atoms with Crippen LogP contribution in [0.15, 0.2) is 6.33 Å². The zero-order valence-corrected chi connectivity index (χ0v) is 7.91. The lowest BCUT2D eigenvalue weighted by atomic mass is 9.87. The zero-order valence-electron chi connectivity index (χ0n) is 7.91. The van der Waals surface area contributed by atoms with E-state index < -0.39 is 0 Å². The van der Waals surface area contributed by atoms with Crippen LogP contribution < -0.4 is 5.73 Å². The van der Waals surface area contributed by atoms with Gasteiger partial charge in [-0.1, -0.05) is 13.8 Å². The molecular weight excluding hydrogens is 152 g/mol. The number of aryl methyl sites for hydroxylation is 1. The number of nitrogens with zero attached hydrogens (tertiary/aromatic N) is 3. The minimum atomic E-state index is -0.0365. The summed E-state index contributed by atoms with van der Waals surface area (Å²) >= 11 is 0. The molecule has 0 aliphatic rings. The Morgan fingerprint density at radius 2 is 2.33 bits per heavy atom. The summed E-state index contributed by atoms with van der Waals surface area (Å²) in [5, 5.41) is 7.90. The fraction of sp³-hybridized carbons (Fsp3) is 0.750. The number of hydrogen-bond acceptors (Lipinski definition) is 3. The monoisotopic (exact) mass is 168 g/mol. The average Bonchev–Trinajstić information content (AvgIpc) is 2.51. The van der Waals surface area contributed by atoms with Gasteiger partial charge in [0.25, 0.3) is 0 Å². The minimum absolute atomic E-state index is 0.0365. The molecule has 0 saturated heterocycles. The van der Waals surface area contributed by atoms with Crippen LogP contribution in [0.25, 0.3) is 0 Å². The van der Waals surface area contributed by atoms with Crippen molar-refractivity contribution >= 4 is 0 Å². The molecule has 1 aromatic rings. The van der Waals surface area contributed by atoms with E-state index in [2.05, 4.69) is 24.0 Å². The molecule has 1 rings (SSSR count). The van der Waals surface area contributed by atoms with Gasteiger partial charge in [-0.3, -0.25) is 0 Å². The predicted molar refractivity (Wildman–Crippen MR) is 47.7 cm³/mol. The Balaban J connectivity index is 3.02. The third-order valence-corrected chi connectivity index (χ3v) is 2.48. The minimum Gasteiger partial charge on any atom is -0.329 e. The first-order valence-corrected chi connectivity index (χ1v) is 4.18. The molecule has 68 valence electrons. The molecule has 0 radical (unpaired) electrons. The third-order valence-electron chi connectivity index (χ3n) is 2.48. The highest BCUT2D eigenvalue weighted by molar-refractivity contribution is 5.05. The maximum absolute atomic E-state index is 5.70. The molecule has 1 aromatic heterocycles. The van der Waals surface area contributed by atoms with Gasteiger partial charge in [-0.15, -0.1) is 10.2 Å². The first-order valence-electron chi connectivity index (χ1n) is 4.18. The highest BCUT2D eigenvalue weighted by Gasteiger charge is 2.27. The fourth-order valence-corrected chi connectivity index (χ4v) is 1.22. The molecule has 0 aromatic carbocycles. The normalized spacial score (nSPS) is 16.0. The first-order chi connectivity index (χ1) is 5.64. The lowest BCUT2D eigenvalue weighted by Crippen LogP contribution is -2.33. The van der Waals surface area contributed by atoms with Crippen molar-refractivity contribution in [1.29, 1.82) is 0 Å². The summed E-state index contributed by atoms with van der Waals surface area (Å²) in [6.07, 6.45) is 2.69. The second kappa shape index (κ2) is 3.23. The van der Waals surface area contributed by atoms with Crippen molar-refractivity contribution in [2.75, 3.05) is 6.54 Å². The van der Waals surface area contributed by atoms with Crippen LogP contribution in [-0.2, 0) is 12.5 Å². The maximum atomic E-state index is 5.70. The third kappa shape index (κ3) is 1.34. The predicted octanol–water partition coefficient (Wildman–Crippen LogP) is 0.441. The molecule has 0 aliphatic carbocycles. The van der Waals surface area contributed by atoms with Crippen molar-refractivity contribution in [3.8, 4) is 0 Å². The number of rotatable bonds is 3. The highest BCUT2D eigenvalue weighted by Crippen LogP contribution is 2.22. The smallest absolute Gasteiger partial charge is 0.139 e. The second-order valence-electron chi connectivity index (χ2n) is 3.38. The van der Waals surface area contributed by atoms with Gasteiger partial charge in [-0.2, -0.15) is 0 Å².